The molecule has 0 aromatic heterocycles. The lowest BCUT2D eigenvalue weighted by atomic mass is 9.81. The van der Waals surface area contributed by atoms with E-state index in [-0.39, 0.29) is 17.4 Å². The van der Waals surface area contributed by atoms with Gasteiger partial charge in [0.05, 0.1) is 5.60 Å². The maximum atomic E-state index is 12.1. The van der Waals surface area contributed by atoms with Gasteiger partial charge in [0, 0.05) is 19.1 Å². The summed E-state index contributed by atoms with van der Waals surface area (Å²) in [6.07, 6.45) is 6.34. The SMILES string of the molecule is CC1(CNC(=O)C2CCC(CN)CC2)CCCO1. The molecule has 4 heteroatoms. The minimum Gasteiger partial charge on any atom is -0.373 e. The van der Waals surface area contributed by atoms with E-state index in [4.69, 9.17) is 10.5 Å². The minimum atomic E-state index is -0.135. The molecule has 1 aliphatic heterocycles. The summed E-state index contributed by atoms with van der Waals surface area (Å²) in [4.78, 5) is 12.1. The number of hydrogen-bond donors (Lipinski definition) is 2. The molecule has 0 aromatic rings. The minimum absolute atomic E-state index is 0.135. The van der Waals surface area contributed by atoms with Crippen LogP contribution in [0.4, 0.5) is 0 Å². The highest BCUT2D eigenvalue weighted by Crippen LogP contribution is 2.29. The lowest BCUT2D eigenvalue weighted by Gasteiger charge is -2.29. The molecular formula is C14H26N2O2. The number of carbonyl (C=O) groups excluding carboxylic acids is 1. The van der Waals surface area contributed by atoms with E-state index in [1.807, 2.05) is 0 Å². The average molecular weight is 254 g/mol. The first-order valence-corrected chi connectivity index (χ1v) is 7.25. The molecule has 0 radical (unpaired) electrons. The van der Waals surface area contributed by atoms with Crippen LogP contribution in [-0.2, 0) is 9.53 Å². The molecule has 104 valence electrons. The summed E-state index contributed by atoms with van der Waals surface area (Å²) in [5, 5.41) is 3.07. The highest BCUT2D eigenvalue weighted by molar-refractivity contribution is 5.78. The number of nitrogens with one attached hydrogen (secondary N) is 1. The van der Waals surface area contributed by atoms with E-state index in [2.05, 4.69) is 12.2 Å². The van der Waals surface area contributed by atoms with Crippen LogP contribution in [0, 0.1) is 11.8 Å². The third-order valence-corrected chi connectivity index (χ3v) is 4.49. The summed E-state index contributed by atoms with van der Waals surface area (Å²) in [5.74, 6) is 1.03. The Hall–Kier alpha value is -0.610. The Balaban J connectivity index is 1.72. The second-order valence-electron chi connectivity index (χ2n) is 6.07. The lowest BCUT2D eigenvalue weighted by molar-refractivity contribution is -0.127. The number of amides is 1. The first-order chi connectivity index (χ1) is 8.63. The van der Waals surface area contributed by atoms with Crippen molar-refractivity contribution in [1.82, 2.24) is 5.32 Å². The Morgan fingerprint density at radius 2 is 2.11 bits per heavy atom. The van der Waals surface area contributed by atoms with E-state index in [1.165, 1.54) is 0 Å². The van der Waals surface area contributed by atoms with Gasteiger partial charge >= 0.3 is 0 Å². The van der Waals surface area contributed by atoms with Gasteiger partial charge in [0.1, 0.15) is 0 Å². The van der Waals surface area contributed by atoms with Crippen LogP contribution in [-0.4, -0.2) is 31.2 Å². The van der Waals surface area contributed by atoms with Crippen molar-refractivity contribution in [2.45, 2.75) is 51.0 Å². The molecule has 0 bridgehead atoms. The molecule has 0 spiro atoms. The first kappa shape index (κ1) is 13.8. The second-order valence-corrected chi connectivity index (χ2v) is 6.07. The zero-order chi connectivity index (χ0) is 13.0. The molecule has 2 aliphatic rings. The molecule has 1 heterocycles. The van der Waals surface area contributed by atoms with Crippen molar-refractivity contribution in [3.05, 3.63) is 0 Å². The van der Waals surface area contributed by atoms with Crippen molar-refractivity contribution in [2.75, 3.05) is 19.7 Å². The molecular weight excluding hydrogens is 228 g/mol. The Kier molecular flexibility index (Phi) is 4.62. The summed E-state index contributed by atoms with van der Waals surface area (Å²) in [6, 6.07) is 0. The van der Waals surface area contributed by atoms with Crippen LogP contribution in [0.2, 0.25) is 0 Å². The fourth-order valence-electron chi connectivity index (χ4n) is 3.06. The van der Waals surface area contributed by atoms with Crippen molar-refractivity contribution >= 4 is 5.91 Å². The van der Waals surface area contributed by atoms with Crippen molar-refractivity contribution in [1.29, 1.82) is 0 Å². The molecule has 18 heavy (non-hydrogen) atoms. The fraction of sp³-hybridized carbons (Fsp3) is 0.929. The predicted molar refractivity (Wildman–Crippen MR) is 71.1 cm³/mol. The van der Waals surface area contributed by atoms with Gasteiger partial charge in [-0.05, 0) is 57.9 Å². The van der Waals surface area contributed by atoms with Crippen LogP contribution in [0.5, 0.6) is 0 Å². The number of rotatable bonds is 4. The van der Waals surface area contributed by atoms with Gasteiger partial charge in [-0.15, -0.1) is 0 Å². The third-order valence-electron chi connectivity index (χ3n) is 4.49. The number of ether oxygens (including phenoxy) is 1. The molecule has 4 nitrogen and oxygen atoms in total. The number of hydrogen-bond acceptors (Lipinski definition) is 3. The monoisotopic (exact) mass is 254 g/mol. The molecule has 3 N–H and O–H groups in total. The van der Waals surface area contributed by atoms with Gasteiger partial charge in [-0.25, -0.2) is 0 Å². The van der Waals surface area contributed by atoms with Crippen molar-refractivity contribution < 1.29 is 9.53 Å². The third kappa shape index (κ3) is 3.45. The van der Waals surface area contributed by atoms with E-state index in [9.17, 15) is 4.79 Å². The molecule has 1 atom stereocenters. The van der Waals surface area contributed by atoms with Gasteiger partial charge < -0.3 is 15.8 Å². The maximum absolute atomic E-state index is 12.1. The molecule has 1 saturated carbocycles. The highest BCUT2D eigenvalue weighted by atomic mass is 16.5. The maximum Gasteiger partial charge on any atom is 0.223 e. The van der Waals surface area contributed by atoms with Crippen LogP contribution >= 0.6 is 0 Å². The molecule has 1 saturated heterocycles. The Bertz CT molecular complexity index is 280. The zero-order valence-electron chi connectivity index (χ0n) is 11.4. The predicted octanol–water partition coefficient (Wildman–Crippen LogP) is 1.44. The molecule has 0 aromatic carbocycles. The van der Waals surface area contributed by atoms with Gasteiger partial charge in [0.25, 0.3) is 0 Å². The quantitative estimate of drug-likeness (QED) is 0.798. The fourth-order valence-corrected chi connectivity index (χ4v) is 3.06. The molecule has 1 aliphatic carbocycles. The van der Waals surface area contributed by atoms with Crippen LogP contribution in [0.15, 0.2) is 0 Å². The summed E-state index contributed by atoms with van der Waals surface area (Å²) in [7, 11) is 0. The van der Waals surface area contributed by atoms with E-state index >= 15 is 0 Å². The Morgan fingerprint density at radius 1 is 1.39 bits per heavy atom. The van der Waals surface area contributed by atoms with Crippen LogP contribution in [0.1, 0.15) is 45.4 Å². The Labute approximate surface area is 110 Å². The topological polar surface area (TPSA) is 64.4 Å². The van der Waals surface area contributed by atoms with E-state index in [0.29, 0.717) is 12.5 Å². The summed E-state index contributed by atoms with van der Waals surface area (Å²) in [5.41, 5.74) is 5.53. The van der Waals surface area contributed by atoms with Crippen molar-refractivity contribution in [3.8, 4) is 0 Å². The van der Waals surface area contributed by atoms with Crippen LogP contribution in [0.25, 0.3) is 0 Å². The second kappa shape index (κ2) is 6.02. The number of carbonyl (C=O) groups is 1. The van der Waals surface area contributed by atoms with Gasteiger partial charge in [-0.2, -0.15) is 0 Å². The molecule has 2 fully saturated rings. The lowest BCUT2D eigenvalue weighted by Crippen LogP contribution is -2.43. The standard InChI is InChI=1S/C14H26N2O2/c1-14(7-2-8-18-14)10-16-13(17)12-5-3-11(9-15)4-6-12/h11-12H,2-10,15H2,1H3,(H,16,17). The van der Waals surface area contributed by atoms with Crippen molar-refractivity contribution in [2.24, 2.45) is 17.6 Å². The summed E-state index contributed by atoms with van der Waals surface area (Å²) in [6.45, 7) is 4.34. The van der Waals surface area contributed by atoms with Crippen LogP contribution < -0.4 is 11.1 Å². The zero-order valence-corrected chi connectivity index (χ0v) is 11.4. The first-order valence-electron chi connectivity index (χ1n) is 7.25. The average Bonchev–Trinajstić information content (AvgIpc) is 2.83. The van der Waals surface area contributed by atoms with Crippen molar-refractivity contribution in [3.63, 3.8) is 0 Å². The van der Waals surface area contributed by atoms with Gasteiger partial charge in [0.15, 0.2) is 0 Å². The van der Waals surface area contributed by atoms with Gasteiger partial charge in [-0.3, -0.25) is 4.79 Å². The van der Waals surface area contributed by atoms with E-state index < -0.39 is 0 Å². The van der Waals surface area contributed by atoms with E-state index in [1.54, 1.807) is 0 Å². The molecule has 1 amide bonds. The van der Waals surface area contributed by atoms with E-state index in [0.717, 1.165) is 51.7 Å². The van der Waals surface area contributed by atoms with Crippen LogP contribution in [0.3, 0.4) is 0 Å². The Morgan fingerprint density at radius 3 is 2.67 bits per heavy atom. The summed E-state index contributed by atoms with van der Waals surface area (Å²) >= 11 is 0. The molecule has 1 unspecified atom stereocenters. The van der Waals surface area contributed by atoms with Gasteiger partial charge in [-0.1, -0.05) is 0 Å². The number of nitrogens with two attached hydrogens (primary N) is 1. The smallest absolute Gasteiger partial charge is 0.223 e. The molecule has 2 rings (SSSR count). The summed E-state index contributed by atoms with van der Waals surface area (Å²) < 4.78 is 5.68. The largest absolute Gasteiger partial charge is 0.373 e. The normalized spacial score (nSPS) is 36.6. The highest BCUT2D eigenvalue weighted by Gasteiger charge is 2.32. The van der Waals surface area contributed by atoms with Gasteiger partial charge in [0.2, 0.25) is 5.91 Å².